The monoisotopic (exact) mass is 709 g/mol. The SMILES string of the molecule is N=C(Cl)Cc1cc([C@@H]2O[C@H](COCc3ccccc3)[C@@H](OCc3ccccc3)[C@H](OCc3ccccc3)[C@H]2OCc2ccccc2)ccc1Cl. The number of rotatable bonds is 16. The van der Waals surface area contributed by atoms with Crippen molar-refractivity contribution >= 4 is 28.4 Å². The largest absolute Gasteiger partial charge is 0.374 e. The topological polar surface area (TPSA) is 70.0 Å². The number of benzene rings is 5. The van der Waals surface area contributed by atoms with E-state index in [1.54, 1.807) is 0 Å². The third kappa shape index (κ3) is 10.1. The van der Waals surface area contributed by atoms with Crippen LogP contribution < -0.4 is 0 Å². The van der Waals surface area contributed by atoms with Crippen molar-refractivity contribution < 1.29 is 23.7 Å². The molecule has 0 saturated carbocycles. The molecule has 1 aliphatic heterocycles. The summed E-state index contributed by atoms with van der Waals surface area (Å²) in [6.07, 6.45) is -2.59. The van der Waals surface area contributed by atoms with Crippen molar-refractivity contribution in [2.75, 3.05) is 6.61 Å². The highest BCUT2D eigenvalue weighted by atomic mass is 35.5. The lowest BCUT2D eigenvalue weighted by Crippen LogP contribution is -2.58. The van der Waals surface area contributed by atoms with Crippen molar-refractivity contribution in [2.24, 2.45) is 0 Å². The zero-order valence-electron chi connectivity index (χ0n) is 27.7. The van der Waals surface area contributed by atoms with Crippen LogP contribution in [0.3, 0.4) is 0 Å². The molecule has 0 amide bonds. The fourth-order valence-corrected chi connectivity index (χ4v) is 6.46. The highest BCUT2D eigenvalue weighted by Crippen LogP contribution is 2.39. The second-order valence-corrected chi connectivity index (χ2v) is 13.2. The molecule has 1 saturated heterocycles. The van der Waals surface area contributed by atoms with Crippen LogP contribution >= 0.6 is 23.2 Å². The average molecular weight is 711 g/mol. The van der Waals surface area contributed by atoms with Gasteiger partial charge in [0.1, 0.15) is 35.7 Å². The molecular weight excluding hydrogens is 669 g/mol. The Hall–Kier alpha value is -3.85. The molecular formula is C42H41Cl2NO5. The summed E-state index contributed by atoms with van der Waals surface area (Å²) >= 11 is 12.6. The third-order valence-corrected chi connectivity index (χ3v) is 9.13. The van der Waals surface area contributed by atoms with Gasteiger partial charge in [-0.25, -0.2) is 0 Å². The first kappa shape index (κ1) is 36.0. The summed E-state index contributed by atoms with van der Waals surface area (Å²) < 4.78 is 33.8. The van der Waals surface area contributed by atoms with Crippen LogP contribution in [-0.4, -0.2) is 36.2 Å². The molecule has 6 nitrogen and oxygen atoms in total. The first-order valence-electron chi connectivity index (χ1n) is 16.8. The maximum Gasteiger partial charge on any atom is 0.117 e. The summed E-state index contributed by atoms with van der Waals surface area (Å²) in [6, 6.07) is 46.0. The van der Waals surface area contributed by atoms with Gasteiger partial charge in [-0.1, -0.05) is 157 Å². The molecule has 50 heavy (non-hydrogen) atoms. The zero-order chi connectivity index (χ0) is 34.5. The van der Waals surface area contributed by atoms with E-state index in [9.17, 15) is 0 Å². The molecule has 5 atom stereocenters. The molecule has 0 bridgehead atoms. The summed E-state index contributed by atoms with van der Waals surface area (Å²) in [5, 5.41) is 8.46. The molecule has 1 heterocycles. The van der Waals surface area contributed by atoms with E-state index in [0.29, 0.717) is 31.5 Å². The van der Waals surface area contributed by atoms with E-state index >= 15 is 0 Å². The highest BCUT2D eigenvalue weighted by molar-refractivity contribution is 6.64. The Morgan fingerprint density at radius 3 is 1.54 bits per heavy atom. The molecule has 1 N–H and O–H groups in total. The highest BCUT2D eigenvalue weighted by Gasteiger charge is 2.49. The molecule has 0 unspecified atom stereocenters. The summed E-state index contributed by atoms with van der Waals surface area (Å²) in [6.45, 7) is 1.72. The molecule has 1 aliphatic rings. The summed E-state index contributed by atoms with van der Waals surface area (Å²) in [4.78, 5) is 0. The van der Waals surface area contributed by atoms with Crippen LogP contribution in [0.25, 0.3) is 0 Å². The van der Waals surface area contributed by atoms with Gasteiger partial charge in [0, 0.05) is 11.4 Å². The van der Waals surface area contributed by atoms with Crippen molar-refractivity contribution in [1.29, 1.82) is 5.41 Å². The van der Waals surface area contributed by atoms with Crippen molar-refractivity contribution in [1.82, 2.24) is 0 Å². The maximum absolute atomic E-state index is 7.93. The third-order valence-electron chi connectivity index (χ3n) is 8.63. The zero-order valence-corrected chi connectivity index (χ0v) is 29.2. The number of hydrogen-bond acceptors (Lipinski definition) is 6. The minimum atomic E-state index is -0.588. The Morgan fingerprint density at radius 1 is 0.580 bits per heavy atom. The van der Waals surface area contributed by atoms with Gasteiger partial charge in [-0.3, -0.25) is 5.41 Å². The van der Waals surface area contributed by atoms with Crippen LogP contribution in [-0.2, 0) is 56.5 Å². The first-order chi connectivity index (χ1) is 24.5. The Morgan fingerprint density at radius 2 is 1.04 bits per heavy atom. The van der Waals surface area contributed by atoms with Crippen LogP contribution in [0.1, 0.15) is 39.5 Å². The molecule has 8 heteroatoms. The second kappa shape index (κ2) is 18.4. The quantitative estimate of drug-likeness (QED) is 0.103. The Bertz CT molecular complexity index is 1760. The van der Waals surface area contributed by atoms with Crippen molar-refractivity contribution in [3.05, 3.63) is 178 Å². The van der Waals surface area contributed by atoms with Gasteiger partial charge in [-0.15, -0.1) is 0 Å². The summed E-state index contributed by atoms with van der Waals surface area (Å²) in [7, 11) is 0. The second-order valence-electron chi connectivity index (χ2n) is 12.3. The minimum absolute atomic E-state index is 0.00359. The molecule has 1 fully saturated rings. The van der Waals surface area contributed by atoms with E-state index < -0.39 is 30.5 Å². The lowest BCUT2D eigenvalue weighted by Gasteiger charge is -2.46. The van der Waals surface area contributed by atoms with Gasteiger partial charge in [0.15, 0.2) is 0 Å². The van der Waals surface area contributed by atoms with Crippen LogP contribution in [0, 0.1) is 5.41 Å². The molecule has 0 aliphatic carbocycles. The molecule has 5 aromatic rings. The predicted molar refractivity (Wildman–Crippen MR) is 198 cm³/mol. The van der Waals surface area contributed by atoms with E-state index in [1.807, 2.05) is 140 Å². The van der Waals surface area contributed by atoms with Crippen molar-refractivity contribution in [2.45, 2.75) is 63.4 Å². The van der Waals surface area contributed by atoms with Crippen LogP contribution in [0.4, 0.5) is 0 Å². The van der Waals surface area contributed by atoms with E-state index in [4.69, 9.17) is 52.3 Å². The van der Waals surface area contributed by atoms with Crippen LogP contribution in [0.2, 0.25) is 5.02 Å². The summed E-state index contributed by atoms with van der Waals surface area (Å²) in [5.74, 6) is 0. The molecule has 0 radical (unpaired) electrons. The first-order valence-corrected chi connectivity index (χ1v) is 17.5. The fourth-order valence-electron chi connectivity index (χ4n) is 6.13. The lowest BCUT2D eigenvalue weighted by atomic mass is 9.89. The van der Waals surface area contributed by atoms with Crippen LogP contribution in [0.5, 0.6) is 0 Å². The van der Waals surface area contributed by atoms with Gasteiger partial charge in [0.25, 0.3) is 0 Å². The number of nitrogens with one attached hydrogen (secondary N) is 1. The van der Waals surface area contributed by atoms with Gasteiger partial charge in [-0.05, 0) is 39.4 Å². The van der Waals surface area contributed by atoms with E-state index in [1.165, 1.54) is 0 Å². The predicted octanol–water partition coefficient (Wildman–Crippen LogP) is 9.51. The van der Waals surface area contributed by atoms with Gasteiger partial charge in [0.05, 0.1) is 33.0 Å². The molecule has 6 rings (SSSR count). The van der Waals surface area contributed by atoms with E-state index in [2.05, 4.69) is 0 Å². The average Bonchev–Trinajstić information content (AvgIpc) is 3.15. The smallest absolute Gasteiger partial charge is 0.117 e. The minimum Gasteiger partial charge on any atom is -0.374 e. The maximum atomic E-state index is 7.93. The molecule has 5 aromatic carbocycles. The van der Waals surface area contributed by atoms with Gasteiger partial charge < -0.3 is 23.7 Å². The van der Waals surface area contributed by atoms with Gasteiger partial charge in [0.2, 0.25) is 0 Å². The standard InChI is InChI=1S/C42H41Cl2NO5/c43-36-22-21-34(23-35(36)24-38(44)45)39-41(48-27-32-17-9-3-10-18-32)42(49-28-33-19-11-4-12-20-33)40(47-26-31-15-7-2-8-16-31)37(50-39)29-46-25-30-13-5-1-6-14-30/h1-23,37,39-42,45H,24-29H2/t37-,39+,40-,41+,42+/m1/s1. The van der Waals surface area contributed by atoms with Crippen molar-refractivity contribution in [3.63, 3.8) is 0 Å². The molecule has 0 aromatic heterocycles. The van der Waals surface area contributed by atoms with Crippen molar-refractivity contribution in [3.8, 4) is 0 Å². The van der Waals surface area contributed by atoms with E-state index in [-0.39, 0.29) is 18.2 Å². The Kier molecular flexibility index (Phi) is 13.2. The number of halogens is 2. The molecule has 0 spiro atoms. The van der Waals surface area contributed by atoms with Crippen LogP contribution in [0.15, 0.2) is 140 Å². The number of hydrogen-bond donors (Lipinski definition) is 1. The normalized spacial score (nSPS) is 20.4. The van der Waals surface area contributed by atoms with E-state index in [0.717, 1.165) is 33.4 Å². The Balaban J connectivity index is 1.38. The Labute approximate surface area is 304 Å². The molecule has 258 valence electrons. The fraction of sp³-hybridized carbons (Fsp3) is 0.262. The number of ether oxygens (including phenoxy) is 5. The van der Waals surface area contributed by atoms with Gasteiger partial charge in [-0.2, -0.15) is 0 Å². The summed E-state index contributed by atoms with van der Waals surface area (Å²) in [5.41, 5.74) is 5.72. The lowest BCUT2D eigenvalue weighted by molar-refractivity contribution is -0.275. The van der Waals surface area contributed by atoms with Gasteiger partial charge >= 0.3 is 0 Å².